The molecule has 0 saturated carbocycles. The van der Waals surface area contributed by atoms with Gasteiger partial charge in [-0.1, -0.05) is 30.3 Å². The average molecular weight is 456 g/mol. The van der Waals surface area contributed by atoms with E-state index in [9.17, 15) is 9.59 Å². The van der Waals surface area contributed by atoms with Crippen LogP contribution in [0.15, 0.2) is 48.5 Å². The number of ether oxygens (including phenoxy) is 2. The van der Waals surface area contributed by atoms with Gasteiger partial charge in [-0.2, -0.15) is 0 Å². The highest BCUT2D eigenvalue weighted by Crippen LogP contribution is 2.30. The van der Waals surface area contributed by atoms with Crippen LogP contribution in [-0.4, -0.2) is 60.5 Å². The van der Waals surface area contributed by atoms with Crippen molar-refractivity contribution in [2.45, 2.75) is 46.7 Å². The van der Waals surface area contributed by atoms with Crippen LogP contribution in [0.4, 0.5) is 5.69 Å². The van der Waals surface area contributed by atoms with Gasteiger partial charge in [-0.3, -0.25) is 14.5 Å². The first kappa shape index (κ1) is 26.2. The molecule has 7 heteroatoms. The molecule has 0 spiro atoms. The number of hydrogen-bond donors (Lipinski definition) is 1. The largest absolute Gasteiger partial charge is 0.490 e. The third-order valence-corrected chi connectivity index (χ3v) is 4.94. The van der Waals surface area contributed by atoms with Gasteiger partial charge in [0.2, 0.25) is 11.8 Å². The van der Waals surface area contributed by atoms with Crippen LogP contribution < -0.4 is 14.8 Å². The van der Waals surface area contributed by atoms with E-state index in [-0.39, 0.29) is 30.4 Å². The zero-order chi connectivity index (χ0) is 24.4. The van der Waals surface area contributed by atoms with Gasteiger partial charge in [0, 0.05) is 23.8 Å². The third kappa shape index (κ3) is 8.42. The van der Waals surface area contributed by atoms with Gasteiger partial charge >= 0.3 is 0 Å². The lowest BCUT2D eigenvalue weighted by Gasteiger charge is -2.37. The van der Waals surface area contributed by atoms with Crippen LogP contribution in [-0.2, 0) is 16.1 Å². The Hall–Kier alpha value is -3.06. The van der Waals surface area contributed by atoms with Gasteiger partial charge in [0.05, 0.1) is 26.3 Å². The lowest BCUT2D eigenvalue weighted by atomic mass is 10.0. The summed E-state index contributed by atoms with van der Waals surface area (Å²) in [6.07, 6.45) is 0. The Kier molecular flexibility index (Phi) is 9.73. The van der Waals surface area contributed by atoms with Crippen LogP contribution in [0.3, 0.4) is 0 Å². The van der Waals surface area contributed by atoms with Crippen molar-refractivity contribution in [1.29, 1.82) is 0 Å². The lowest BCUT2D eigenvalue weighted by Crippen LogP contribution is -2.49. The fourth-order valence-corrected chi connectivity index (χ4v) is 3.41. The van der Waals surface area contributed by atoms with Crippen LogP contribution >= 0.6 is 0 Å². The molecule has 180 valence electrons. The second-order valence-corrected chi connectivity index (χ2v) is 8.88. The zero-order valence-electron chi connectivity index (χ0n) is 20.7. The van der Waals surface area contributed by atoms with Crippen LogP contribution in [0, 0.1) is 0 Å². The Morgan fingerprint density at radius 2 is 1.55 bits per heavy atom. The van der Waals surface area contributed by atoms with Crippen LogP contribution in [0.5, 0.6) is 11.5 Å². The molecule has 1 N–H and O–H groups in total. The van der Waals surface area contributed by atoms with Gasteiger partial charge in [0.25, 0.3) is 0 Å². The second-order valence-electron chi connectivity index (χ2n) is 8.88. The van der Waals surface area contributed by atoms with Gasteiger partial charge in [-0.15, -0.1) is 0 Å². The molecule has 0 saturated heterocycles. The van der Waals surface area contributed by atoms with Crippen molar-refractivity contribution in [2.75, 3.05) is 38.7 Å². The van der Waals surface area contributed by atoms with E-state index < -0.39 is 0 Å². The summed E-state index contributed by atoms with van der Waals surface area (Å²) in [7, 11) is 1.77. The molecule has 33 heavy (non-hydrogen) atoms. The molecule has 2 aromatic rings. The van der Waals surface area contributed by atoms with Gasteiger partial charge in [-0.25, -0.2) is 0 Å². The SMILES string of the molecule is CCOc1ccc(NC(=O)CN(C)CC(=O)N(Cc2ccccc2)C(C)(C)C)cc1OCC. The Bertz CT molecular complexity index is 909. The Morgan fingerprint density at radius 3 is 2.15 bits per heavy atom. The van der Waals surface area contributed by atoms with E-state index >= 15 is 0 Å². The Balaban J connectivity index is 1.98. The molecule has 0 aromatic heterocycles. The summed E-state index contributed by atoms with van der Waals surface area (Å²) in [5.74, 6) is 0.992. The number of carbonyl (C=O) groups is 2. The van der Waals surface area contributed by atoms with E-state index in [2.05, 4.69) is 5.32 Å². The minimum Gasteiger partial charge on any atom is -0.490 e. The standard InChI is InChI=1S/C26H37N3O4/c1-7-32-22-15-14-21(16-23(22)33-8-2)27-24(30)18-28(6)19-25(31)29(26(3,4)5)17-20-12-10-9-11-13-20/h9-16H,7-8,17-19H2,1-6H3,(H,27,30). The topological polar surface area (TPSA) is 71.1 Å². The molecule has 0 fully saturated rings. The highest BCUT2D eigenvalue weighted by molar-refractivity contribution is 5.93. The van der Waals surface area contributed by atoms with E-state index in [4.69, 9.17) is 9.47 Å². The highest BCUT2D eigenvalue weighted by atomic mass is 16.5. The molecule has 0 unspecified atom stereocenters. The zero-order valence-corrected chi connectivity index (χ0v) is 20.7. The van der Waals surface area contributed by atoms with Crippen molar-refractivity contribution in [3.63, 3.8) is 0 Å². The number of hydrogen-bond acceptors (Lipinski definition) is 5. The molecule has 0 aliphatic carbocycles. The van der Waals surface area contributed by atoms with Crippen LogP contribution in [0.25, 0.3) is 0 Å². The quantitative estimate of drug-likeness (QED) is 0.550. The number of benzene rings is 2. The maximum Gasteiger partial charge on any atom is 0.238 e. The van der Waals surface area contributed by atoms with E-state index in [1.54, 1.807) is 30.1 Å². The van der Waals surface area contributed by atoms with Crippen molar-refractivity contribution in [3.8, 4) is 11.5 Å². The second kappa shape index (κ2) is 12.3. The summed E-state index contributed by atoms with van der Waals surface area (Å²) < 4.78 is 11.2. The monoisotopic (exact) mass is 455 g/mol. The normalized spacial score (nSPS) is 11.2. The first-order chi connectivity index (χ1) is 15.6. The van der Waals surface area contributed by atoms with E-state index in [0.717, 1.165) is 5.56 Å². The van der Waals surface area contributed by atoms with Crippen molar-refractivity contribution in [3.05, 3.63) is 54.1 Å². The molecule has 2 aromatic carbocycles. The highest BCUT2D eigenvalue weighted by Gasteiger charge is 2.27. The molecular formula is C26H37N3O4. The van der Waals surface area contributed by atoms with Crippen molar-refractivity contribution < 1.29 is 19.1 Å². The average Bonchev–Trinajstić information content (AvgIpc) is 2.73. The molecule has 0 bridgehead atoms. The molecule has 0 aliphatic heterocycles. The molecular weight excluding hydrogens is 418 g/mol. The van der Waals surface area contributed by atoms with E-state index in [1.807, 2.05) is 69.9 Å². The number of anilines is 1. The molecule has 0 atom stereocenters. The van der Waals surface area contributed by atoms with Crippen molar-refractivity contribution in [2.24, 2.45) is 0 Å². The summed E-state index contributed by atoms with van der Waals surface area (Å²) in [4.78, 5) is 29.2. The third-order valence-electron chi connectivity index (χ3n) is 4.94. The number of rotatable bonds is 11. The van der Waals surface area contributed by atoms with Gasteiger partial charge in [0.15, 0.2) is 11.5 Å². The molecule has 2 amide bonds. The first-order valence-corrected chi connectivity index (χ1v) is 11.4. The van der Waals surface area contributed by atoms with E-state index in [1.165, 1.54) is 0 Å². The van der Waals surface area contributed by atoms with Crippen LogP contribution in [0.1, 0.15) is 40.2 Å². The van der Waals surface area contributed by atoms with E-state index in [0.29, 0.717) is 36.9 Å². The number of nitrogens with one attached hydrogen (secondary N) is 1. The van der Waals surface area contributed by atoms with Gasteiger partial charge in [0.1, 0.15) is 0 Å². The summed E-state index contributed by atoms with van der Waals surface area (Å²) in [5.41, 5.74) is 1.35. The Labute approximate surface area is 197 Å². The molecule has 7 nitrogen and oxygen atoms in total. The lowest BCUT2D eigenvalue weighted by molar-refractivity contribution is -0.137. The fourth-order valence-electron chi connectivity index (χ4n) is 3.41. The van der Waals surface area contributed by atoms with Gasteiger partial charge < -0.3 is 19.7 Å². The minimum absolute atomic E-state index is 0.0265. The maximum atomic E-state index is 13.1. The minimum atomic E-state index is -0.339. The summed E-state index contributed by atoms with van der Waals surface area (Å²) in [5, 5.41) is 2.87. The number of nitrogens with zero attached hydrogens (tertiary/aromatic N) is 2. The predicted octanol–water partition coefficient (Wildman–Crippen LogP) is 4.18. The molecule has 0 aliphatic rings. The smallest absolute Gasteiger partial charge is 0.238 e. The molecule has 0 radical (unpaired) electrons. The molecule has 2 rings (SSSR count). The number of likely N-dealkylation sites (N-methyl/N-ethyl adjacent to an activating group) is 1. The summed E-state index contributed by atoms with van der Waals surface area (Å²) in [6.45, 7) is 11.6. The maximum absolute atomic E-state index is 13.1. The predicted molar refractivity (Wildman–Crippen MR) is 132 cm³/mol. The summed E-state index contributed by atoms with van der Waals surface area (Å²) >= 11 is 0. The first-order valence-electron chi connectivity index (χ1n) is 11.4. The Morgan fingerprint density at radius 1 is 0.909 bits per heavy atom. The number of amides is 2. The molecule has 0 heterocycles. The van der Waals surface area contributed by atoms with Crippen LogP contribution in [0.2, 0.25) is 0 Å². The fraction of sp³-hybridized carbons (Fsp3) is 0.462. The van der Waals surface area contributed by atoms with Gasteiger partial charge in [-0.05, 0) is 59.4 Å². The number of carbonyl (C=O) groups excluding carboxylic acids is 2. The van der Waals surface area contributed by atoms with Crippen molar-refractivity contribution in [1.82, 2.24) is 9.80 Å². The van der Waals surface area contributed by atoms with Crippen molar-refractivity contribution >= 4 is 17.5 Å². The summed E-state index contributed by atoms with van der Waals surface area (Å²) in [6, 6.07) is 15.2.